The maximum Gasteiger partial charge on any atom is 0.265 e. The van der Waals surface area contributed by atoms with E-state index in [0.29, 0.717) is 19.1 Å². The summed E-state index contributed by atoms with van der Waals surface area (Å²) in [4.78, 5) is 34.3. The van der Waals surface area contributed by atoms with Crippen LogP contribution in [0, 0.1) is 5.92 Å². The molecule has 1 aromatic heterocycles. The van der Waals surface area contributed by atoms with Crippen molar-refractivity contribution in [2.45, 2.75) is 45.3 Å². The highest BCUT2D eigenvalue weighted by molar-refractivity contribution is 5.75. The van der Waals surface area contributed by atoms with Crippen LogP contribution in [-0.2, 0) is 16.1 Å². The van der Waals surface area contributed by atoms with Crippen molar-refractivity contribution in [1.29, 1.82) is 0 Å². The Labute approximate surface area is 128 Å². The molecule has 2 rings (SSSR count). The second-order valence-electron chi connectivity index (χ2n) is 5.75. The van der Waals surface area contributed by atoms with E-state index in [0.717, 1.165) is 23.2 Å². The molecular formula is C15H23N3O4. The second kappa shape index (κ2) is 7.93. The summed E-state index contributed by atoms with van der Waals surface area (Å²) >= 11 is 0. The van der Waals surface area contributed by atoms with Gasteiger partial charge in [-0.25, -0.2) is 4.68 Å². The number of amides is 1. The lowest BCUT2D eigenvalue weighted by Gasteiger charge is -2.28. The summed E-state index contributed by atoms with van der Waals surface area (Å²) in [6.07, 6.45) is 5.02. The predicted octanol–water partition coefficient (Wildman–Crippen LogP) is 0.248. The van der Waals surface area contributed by atoms with Gasteiger partial charge in [0.2, 0.25) is 5.91 Å². The normalized spacial score (nSPS) is 21.5. The van der Waals surface area contributed by atoms with E-state index < -0.39 is 11.1 Å². The van der Waals surface area contributed by atoms with Crippen molar-refractivity contribution in [3.63, 3.8) is 0 Å². The van der Waals surface area contributed by atoms with Crippen molar-refractivity contribution >= 4 is 5.91 Å². The van der Waals surface area contributed by atoms with E-state index in [1.807, 2.05) is 0 Å². The largest absolute Gasteiger partial charge is 0.376 e. The van der Waals surface area contributed by atoms with Crippen LogP contribution in [0.1, 0.15) is 32.6 Å². The van der Waals surface area contributed by atoms with E-state index in [2.05, 4.69) is 17.3 Å². The number of rotatable bonds is 6. The average molecular weight is 309 g/mol. The van der Waals surface area contributed by atoms with Gasteiger partial charge in [0.25, 0.3) is 11.1 Å². The van der Waals surface area contributed by atoms with Crippen LogP contribution in [0.3, 0.4) is 0 Å². The molecule has 1 saturated carbocycles. The smallest absolute Gasteiger partial charge is 0.265 e. The standard InChI is InChI=1S/C15H23N3O4/c1-11-4-2-3-5-12(11)22-9-8-16-14(20)10-18-15(21)7-6-13(19)17-18/h6-7,11-12H,2-5,8-10H2,1H3,(H,16,20)(H,17,19)/t11-,12+/m1/s1. The zero-order chi connectivity index (χ0) is 15.9. The minimum absolute atomic E-state index is 0.200. The highest BCUT2D eigenvalue weighted by atomic mass is 16.5. The molecule has 7 nitrogen and oxygen atoms in total. The van der Waals surface area contributed by atoms with E-state index in [9.17, 15) is 14.4 Å². The van der Waals surface area contributed by atoms with Gasteiger partial charge in [-0.3, -0.25) is 19.5 Å². The Morgan fingerprint density at radius 1 is 1.36 bits per heavy atom. The average Bonchev–Trinajstić information content (AvgIpc) is 2.49. The first-order chi connectivity index (χ1) is 10.6. The first-order valence-corrected chi connectivity index (χ1v) is 7.75. The van der Waals surface area contributed by atoms with Crippen LogP contribution in [0.15, 0.2) is 21.7 Å². The third-order valence-electron chi connectivity index (χ3n) is 3.98. The Bertz CT molecular complexity index is 607. The number of H-pyrrole nitrogens is 1. The van der Waals surface area contributed by atoms with Crippen molar-refractivity contribution < 1.29 is 9.53 Å². The Morgan fingerprint density at radius 3 is 2.91 bits per heavy atom. The minimum Gasteiger partial charge on any atom is -0.376 e. The molecule has 7 heteroatoms. The summed E-state index contributed by atoms with van der Waals surface area (Å²) in [5.41, 5.74) is -0.830. The third kappa shape index (κ3) is 4.84. The van der Waals surface area contributed by atoms with Crippen LogP contribution >= 0.6 is 0 Å². The highest BCUT2D eigenvalue weighted by Crippen LogP contribution is 2.25. The summed E-state index contributed by atoms with van der Waals surface area (Å²) in [5, 5.41) is 5.00. The molecule has 0 radical (unpaired) electrons. The molecule has 1 aliphatic rings. The number of nitrogens with zero attached hydrogens (tertiary/aromatic N) is 1. The molecule has 0 saturated heterocycles. The number of hydrogen-bond acceptors (Lipinski definition) is 4. The molecule has 0 unspecified atom stereocenters. The Kier molecular flexibility index (Phi) is 5.94. The zero-order valence-electron chi connectivity index (χ0n) is 12.8. The first-order valence-electron chi connectivity index (χ1n) is 7.75. The minimum atomic E-state index is -0.415. The zero-order valence-corrected chi connectivity index (χ0v) is 12.8. The molecule has 0 aromatic carbocycles. The fourth-order valence-electron chi connectivity index (χ4n) is 2.71. The molecule has 2 N–H and O–H groups in total. The molecule has 1 aromatic rings. The van der Waals surface area contributed by atoms with Gasteiger partial charge in [0, 0.05) is 18.7 Å². The Morgan fingerprint density at radius 2 is 2.14 bits per heavy atom. The molecule has 22 heavy (non-hydrogen) atoms. The van der Waals surface area contributed by atoms with Gasteiger partial charge < -0.3 is 10.1 Å². The monoisotopic (exact) mass is 309 g/mol. The number of aromatic nitrogens is 2. The molecular weight excluding hydrogens is 286 g/mol. The van der Waals surface area contributed by atoms with E-state index in [1.54, 1.807) is 0 Å². The fraction of sp³-hybridized carbons (Fsp3) is 0.667. The van der Waals surface area contributed by atoms with Crippen LogP contribution in [0.4, 0.5) is 0 Å². The van der Waals surface area contributed by atoms with Crippen molar-refractivity contribution in [3.05, 3.63) is 32.8 Å². The SMILES string of the molecule is C[C@@H]1CCCC[C@@H]1OCCNC(=O)Cn1[nH]c(=O)ccc1=O. The van der Waals surface area contributed by atoms with Crippen LogP contribution in [-0.4, -0.2) is 34.9 Å². The highest BCUT2D eigenvalue weighted by Gasteiger charge is 2.21. The second-order valence-corrected chi connectivity index (χ2v) is 5.75. The lowest BCUT2D eigenvalue weighted by Crippen LogP contribution is -2.37. The van der Waals surface area contributed by atoms with Crippen LogP contribution in [0.25, 0.3) is 0 Å². The van der Waals surface area contributed by atoms with Crippen LogP contribution in [0.5, 0.6) is 0 Å². The van der Waals surface area contributed by atoms with Gasteiger partial charge in [-0.1, -0.05) is 19.8 Å². The number of carbonyl (C=O) groups excluding carboxylic acids is 1. The van der Waals surface area contributed by atoms with E-state index in [1.165, 1.54) is 19.3 Å². The summed E-state index contributed by atoms with van der Waals surface area (Å²) in [6.45, 7) is 2.85. The van der Waals surface area contributed by atoms with Gasteiger partial charge in [-0.05, 0) is 18.8 Å². The molecule has 0 bridgehead atoms. The van der Waals surface area contributed by atoms with Crippen molar-refractivity contribution in [2.75, 3.05) is 13.2 Å². The molecule has 0 spiro atoms. The molecule has 0 aliphatic heterocycles. The van der Waals surface area contributed by atoms with Crippen molar-refractivity contribution in [3.8, 4) is 0 Å². The van der Waals surface area contributed by atoms with Gasteiger partial charge in [-0.15, -0.1) is 0 Å². The third-order valence-corrected chi connectivity index (χ3v) is 3.98. The van der Waals surface area contributed by atoms with Crippen LogP contribution in [0.2, 0.25) is 0 Å². The number of aromatic amines is 1. The van der Waals surface area contributed by atoms with E-state index >= 15 is 0 Å². The molecule has 122 valence electrons. The first kappa shape index (κ1) is 16.5. The molecule has 1 amide bonds. The maximum absolute atomic E-state index is 11.7. The van der Waals surface area contributed by atoms with Crippen LogP contribution < -0.4 is 16.4 Å². The van der Waals surface area contributed by atoms with E-state index in [-0.39, 0.29) is 18.6 Å². The van der Waals surface area contributed by atoms with E-state index in [4.69, 9.17) is 4.74 Å². The summed E-state index contributed by atoms with van der Waals surface area (Å²) in [7, 11) is 0. The lowest BCUT2D eigenvalue weighted by atomic mass is 9.88. The lowest BCUT2D eigenvalue weighted by molar-refractivity contribution is -0.122. The molecule has 2 atom stereocenters. The van der Waals surface area contributed by atoms with Crippen molar-refractivity contribution in [2.24, 2.45) is 5.92 Å². The van der Waals surface area contributed by atoms with Gasteiger partial charge in [0.1, 0.15) is 6.54 Å². The molecule has 1 heterocycles. The van der Waals surface area contributed by atoms with Gasteiger partial charge in [-0.2, -0.15) is 0 Å². The number of ether oxygens (including phenoxy) is 1. The summed E-state index contributed by atoms with van der Waals surface area (Å²) in [6, 6.07) is 2.27. The maximum atomic E-state index is 11.7. The van der Waals surface area contributed by atoms with Crippen molar-refractivity contribution in [1.82, 2.24) is 15.1 Å². The molecule has 1 fully saturated rings. The fourth-order valence-corrected chi connectivity index (χ4v) is 2.71. The number of carbonyl (C=O) groups is 1. The topological polar surface area (TPSA) is 93.2 Å². The quantitative estimate of drug-likeness (QED) is 0.737. The molecule has 1 aliphatic carbocycles. The Balaban J connectivity index is 1.70. The number of nitrogens with one attached hydrogen (secondary N) is 2. The van der Waals surface area contributed by atoms with Gasteiger partial charge in [0.05, 0.1) is 12.7 Å². The predicted molar refractivity (Wildman–Crippen MR) is 81.7 cm³/mol. The number of hydrogen-bond donors (Lipinski definition) is 2. The van der Waals surface area contributed by atoms with Gasteiger partial charge >= 0.3 is 0 Å². The summed E-state index contributed by atoms with van der Waals surface area (Å²) in [5.74, 6) is 0.238. The van der Waals surface area contributed by atoms with Gasteiger partial charge in [0.15, 0.2) is 0 Å². The Hall–Kier alpha value is -1.89. The summed E-state index contributed by atoms with van der Waals surface area (Å²) < 4.78 is 6.79.